The van der Waals surface area contributed by atoms with E-state index in [1.165, 1.54) is 0 Å². The summed E-state index contributed by atoms with van der Waals surface area (Å²) in [5.41, 5.74) is -0.196. The van der Waals surface area contributed by atoms with Crippen molar-refractivity contribution in [1.29, 1.82) is 0 Å². The fourth-order valence-electron chi connectivity index (χ4n) is 1.49. The van der Waals surface area contributed by atoms with E-state index in [1.54, 1.807) is 30.2 Å². The van der Waals surface area contributed by atoms with Crippen molar-refractivity contribution in [3.05, 3.63) is 18.5 Å². The molecule has 1 N–H and O–H groups in total. The molecule has 2 aromatic rings. The van der Waals surface area contributed by atoms with Crippen LogP contribution >= 0.6 is 0 Å². The molecule has 0 amide bonds. The Bertz CT molecular complexity index is 565. The first kappa shape index (κ1) is 15.2. The average Bonchev–Trinajstić information content (AvgIpc) is 2.96. The van der Waals surface area contributed by atoms with Crippen LogP contribution in [0.15, 0.2) is 18.5 Å². The summed E-state index contributed by atoms with van der Waals surface area (Å²) in [7, 11) is 1.73. The van der Waals surface area contributed by atoms with E-state index >= 15 is 0 Å². The Morgan fingerprint density at radius 3 is 2.62 bits per heavy atom. The molecule has 0 unspecified atom stereocenters. The van der Waals surface area contributed by atoms with E-state index in [-0.39, 0.29) is 11.6 Å². The first-order valence-electron chi connectivity index (χ1n) is 6.68. The average molecular weight is 292 g/mol. The van der Waals surface area contributed by atoms with Gasteiger partial charge in [0.15, 0.2) is 0 Å². The van der Waals surface area contributed by atoms with Crippen molar-refractivity contribution < 1.29 is 9.47 Å². The van der Waals surface area contributed by atoms with E-state index in [0.29, 0.717) is 25.1 Å². The number of nitrogens with zero attached hydrogens (tertiary/aromatic N) is 5. The maximum absolute atomic E-state index is 5.58. The zero-order chi connectivity index (χ0) is 15.3. The summed E-state index contributed by atoms with van der Waals surface area (Å²) in [6.07, 6.45) is 3.40. The molecule has 0 atom stereocenters. The van der Waals surface area contributed by atoms with Gasteiger partial charge in [-0.3, -0.25) is 0 Å². The largest absolute Gasteiger partial charge is 0.461 e. The summed E-state index contributed by atoms with van der Waals surface area (Å²) in [5, 5.41) is 6.96. The molecule has 114 valence electrons. The highest BCUT2D eigenvalue weighted by Gasteiger charge is 2.11. The van der Waals surface area contributed by atoms with E-state index in [2.05, 4.69) is 25.4 Å². The molecule has 0 aliphatic carbocycles. The number of aromatic nitrogens is 5. The van der Waals surface area contributed by atoms with Gasteiger partial charge in [0.05, 0.1) is 12.2 Å². The van der Waals surface area contributed by atoms with Crippen LogP contribution in [-0.4, -0.2) is 50.6 Å². The van der Waals surface area contributed by atoms with E-state index in [1.807, 2.05) is 20.8 Å². The second-order valence-electron chi connectivity index (χ2n) is 5.25. The van der Waals surface area contributed by atoms with Crippen LogP contribution in [0, 0.1) is 0 Å². The standard InChI is InChI=1S/C13H20N6O2/c1-13(2,3)21-9-8-20-12-17-10(14-4)16-11(18-12)19-7-5-6-15-19/h5-7H,8-9H2,1-4H3,(H,14,16,17,18). The van der Waals surface area contributed by atoms with Crippen LogP contribution in [-0.2, 0) is 4.74 Å². The van der Waals surface area contributed by atoms with E-state index in [9.17, 15) is 0 Å². The summed E-state index contributed by atoms with van der Waals surface area (Å²) >= 11 is 0. The fourth-order valence-corrected chi connectivity index (χ4v) is 1.49. The molecule has 0 aliphatic rings. The number of rotatable bonds is 6. The molecular weight excluding hydrogens is 272 g/mol. The predicted molar refractivity (Wildman–Crippen MR) is 77.7 cm³/mol. The highest BCUT2D eigenvalue weighted by atomic mass is 16.5. The summed E-state index contributed by atoms with van der Waals surface area (Å²) < 4.78 is 12.6. The van der Waals surface area contributed by atoms with Crippen LogP contribution in [0.2, 0.25) is 0 Å². The molecule has 0 saturated carbocycles. The second-order valence-corrected chi connectivity index (χ2v) is 5.25. The monoisotopic (exact) mass is 292 g/mol. The van der Waals surface area contributed by atoms with Crippen molar-refractivity contribution in [2.45, 2.75) is 26.4 Å². The van der Waals surface area contributed by atoms with Gasteiger partial charge in [0.2, 0.25) is 5.95 Å². The third-order valence-electron chi connectivity index (χ3n) is 2.39. The molecular formula is C13H20N6O2. The lowest BCUT2D eigenvalue weighted by atomic mass is 10.2. The van der Waals surface area contributed by atoms with Crippen LogP contribution < -0.4 is 10.1 Å². The molecule has 0 radical (unpaired) electrons. The minimum atomic E-state index is -0.196. The molecule has 8 heteroatoms. The van der Waals surface area contributed by atoms with Crippen molar-refractivity contribution >= 4 is 5.95 Å². The fraction of sp³-hybridized carbons (Fsp3) is 0.538. The highest BCUT2D eigenvalue weighted by Crippen LogP contribution is 2.11. The summed E-state index contributed by atoms with van der Waals surface area (Å²) in [6, 6.07) is 2.03. The third kappa shape index (κ3) is 4.67. The lowest BCUT2D eigenvalue weighted by Crippen LogP contribution is -2.23. The predicted octanol–water partition coefficient (Wildman–Crippen LogP) is 1.29. The molecule has 0 spiro atoms. The van der Waals surface area contributed by atoms with Gasteiger partial charge in [0, 0.05) is 19.4 Å². The van der Waals surface area contributed by atoms with Gasteiger partial charge < -0.3 is 14.8 Å². The first-order valence-corrected chi connectivity index (χ1v) is 6.68. The summed E-state index contributed by atoms with van der Waals surface area (Å²) in [4.78, 5) is 12.6. The van der Waals surface area contributed by atoms with E-state index in [0.717, 1.165) is 0 Å². The molecule has 2 rings (SSSR count). The van der Waals surface area contributed by atoms with Crippen molar-refractivity contribution in [2.24, 2.45) is 0 Å². The topological polar surface area (TPSA) is 87.0 Å². The number of hydrogen-bond donors (Lipinski definition) is 1. The Morgan fingerprint density at radius 2 is 2.00 bits per heavy atom. The van der Waals surface area contributed by atoms with Crippen molar-refractivity contribution in [3.63, 3.8) is 0 Å². The van der Waals surface area contributed by atoms with E-state index < -0.39 is 0 Å². The Kier molecular flexibility index (Phi) is 4.69. The Balaban J connectivity index is 2.04. The van der Waals surface area contributed by atoms with Gasteiger partial charge >= 0.3 is 6.01 Å². The summed E-state index contributed by atoms with van der Waals surface area (Å²) in [6.45, 7) is 6.80. The van der Waals surface area contributed by atoms with Gasteiger partial charge in [-0.05, 0) is 26.8 Å². The number of ether oxygens (including phenoxy) is 2. The van der Waals surface area contributed by atoms with Gasteiger partial charge in [0.1, 0.15) is 6.61 Å². The van der Waals surface area contributed by atoms with Crippen LogP contribution in [0.1, 0.15) is 20.8 Å². The molecule has 21 heavy (non-hydrogen) atoms. The van der Waals surface area contributed by atoms with Gasteiger partial charge in [-0.2, -0.15) is 20.1 Å². The van der Waals surface area contributed by atoms with Crippen molar-refractivity contribution in [2.75, 3.05) is 25.6 Å². The number of nitrogens with one attached hydrogen (secondary N) is 1. The zero-order valence-electron chi connectivity index (χ0n) is 12.7. The van der Waals surface area contributed by atoms with Gasteiger partial charge in [0.25, 0.3) is 5.95 Å². The van der Waals surface area contributed by atoms with Crippen molar-refractivity contribution in [1.82, 2.24) is 24.7 Å². The Morgan fingerprint density at radius 1 is 1.19 bits per heavy atom. The van der Waals surface area contributed by atoms with Crippen LogP contribution in [0.4, 0.5) is 5.95 Å². The maximum atomic E-state index is 5.58. The molecule has 0 saturated heterocycles. The number of hydrogen-bond acceptors (Lipinski definition) is 7. The molecule has 0 fully saturated rings. The molecule has 2 heterocycles. The summed E-state index contributed by atoms with van der Waals surface area (Å²) in [5.74, 6) is 0.813. The normalized spacial score (nSPS) is 11.4. The lowest BCUT2D eigenvalue weighted by Gasteiger charge is -2.19. The molecule has 0 aromatic carbocycles. The second kappa shape index (κ2) is 6.49. The van der Waals surface area contributed by atoms with Crippen LogP contribution in [0.25, 0.3) is 5.95 Å². The number of anilines is 1. The van der Waals surface area contributed by atoms with Gasteiger partial charge in [-0.1, -0.05) is 0 Å². The van der Waals surface area contributed by atoms with Gasteiger partial charge in [-0.25, -0.2) is 4.68 Å². The Labute approximate surface area is 123 Å². The van der Waals surface area contributed by atoms with Crippen LogP contribution in [0.3, 0.4) is 0 Å². The Hall–Kier alpha value is -2.22. The minimum absolute atomic E-state index is 0.196. The SMILES string of the molecule is CNc1nc(OCCOC(C)(C)C)nc(-n2cccn2)n1. The van der Waals surface area contributed by atoms with E-state index in [4.69, 9.17) is 9.47 Å². The molecule has 2 aromatic heterocycles. The first-order chi connectivity index (χ1) is 9.98. The maximum Gasteiger partial charge on any atom is 0.323 e. The highest BCUT2D eigenvalue weighted by molar-refractivity contribution is 5.28. The molecule has 0 bridgehead atoms. The quantitative estimate of drug-likeness (QED) is 0.803. The van der Waals surface area contributed by atoms with Crippen LogP contribution in [0.5, 0.6) is 6.01 Å². The van der Waals surface area contributed by atoms with Gasteiger partial charge in [-0.15, -0.1) is 0 Å². The molecule has 8 nitrogen and oxygen atoms in total. The smallest absolute Gasteiger partial charge is 0.323 e. The molecule has 0 aliphatic heterocycles. The zero-order valence-corrected chi connectivity index (χ0v) is 12.7. The van der Waals surface area contributed by atoms with Crippen molar-refractivity contribution in [3.8, 4) is 12.0 Å². The lowest BCUT2D eigenvalue weighted by molar-refractivity contribution is -0.0173. The minimum Gasteiger partial charge on any atom is -0.461 e. The third-order valence-corrected chi connectivity index (χ3v) is 2.39.